The summed E-state index contributed by atoms with van der Waals surface area (Å²) >= 11 is 6.05. The summed E-state index contributed by atoms with van der Waals surface area (Å²) in [5.74, 6) is -0.174. The van der Waals surface area contributed by atoms with Gasteiger partial charge in [-0.3, -0.25) is 4.98 Å². The van der Waals surface area contributed by atoms with Crippen LogP contribution in [0.1, 0.15) is 24.5 Å². The van der Waals surface area contributed by atoms with Gasteiger partial charge in [-0.15, -0.1) is 0 Å². The fourth-order valence-electron chi connectivity index (χ4n) is 4.94. The average Bonchev–Trinajstić information content (AvgIpc) is 2.98. The minimum Gasteiger partial charge on any atom is -0.485 e. The van der Waals surface area contributed by atoms with Gasteiger partial charge in [0.05, 0.1) is 11.9 Å². The molecule has 5 rings (SSSR count). The predicted octanol–water partition coefficient (Wildman–Crippen LogP) is 4.24. The summed E-state index contributed by atoms with van der Waals surface area (Å²) in [5, 5.41) is 11.5. The highest BCUT2D eigenvalue weighted by molar-refractivity contribution is 6.30. The molecule has 9 heteroatoms. The third-order valence-corrected chi connectivity index (χ3v) is 6.67. The zero-order valence-corrected chi connectivity index (χ0v) is 19.4. The monoisotopic (exact) mass is 484 g/mol. The molecule has 0 fully saturated rings. The molecule has 0 saturated heterocycles. The lowest BCUT2D eigenvalue weighted by molar-refractivity contribution is -0.0481. The molecule has 2 aliphatic rings. The van der Waals surface area contributed by atoms with Gasteiger partial charge in [-0.25, -0.2) is 13.8 Å². The standard InChI is InChI=1S/C25H23ClF2N4O2/c1-24(11-14-3-5-17(27)6-4-14)13-25(22(33)32(2)23(29)31-25)19-10-20(30-12-21(19)34-24)15-7-16(26)9-18(28)8-15/h3-10,12,22,33H,11,13H2,1-2H3,(H2,29,31). The lowest BCUT2D eigenvalue weighted by atomic mass is 9.74. The van der Waals surface area contributed by atoms with Gasteiger partial charge in [0.15, 0.2) is 12.2 Å². The average molecular weight is 485 g/mol. The van der Waals surface area contributed by atoms with Crippen molar-refractivity contribution in [3.05, 3.63) is 82.5 Å². The Kier molecular flexibility index (Phi) is 5.26. The molecule has 0 saturated carbocycles. The normalized spacial score (nSPS) is 25.8. The van der Waals surface area contributed by atoms with E-state index < -0.39 is 23.2 Å². The molecule has 34 heavy (non-hydrogen) atoms. The fourth-order valence-corrected chi connectivity index (χ4v) is 5.16. The largest absolute Gasteiger partial charge is 0.485 e. The van der Waals surface area contributed by atoms with Gasteiger partial charge in [0.2, 0.25) is 0 Å². The van der Waals surface area contributed by atoms with Crippen molar-refractivity contribution in [2.24, 2.45) is 10.7 Å². The van der Waals surface area contributed by atoms with E-state index in [2.05, 4.69) is 4.98 Å². The van der Waals surface area contributed by atoms with Crippen LogP contribution in [0.25, 0.3) is 11.3 Å². The molecule has 6 nitrogen and oxygen atoms in total. The first kappa shape index (κ1) is 22.6. The van der Waals surface area contributed by atoms with E-state index in [9.17, 15) is 13.9 Å². The van der Waals surface area contributed by atoms with Gasteiger partial charge in [0, 0.05) is 36.0 Å². The van der Waals surface area contributed by atoms with Gasteiger partial charge in [-0.2, -0.15) is 0 Å². The van der Waals surface area contributed by atoms with E-state index in [4.69, 9.17) is 27.1 Å². The van der Waals surface area contributed by atoms with Crippen LogP contribution in [-0.4, -0.2) is 39.8 Å². The third-order valence-electron chi connectivity index (χ3n) is 6.45. The number of pyridine rings is 1. The molecule has 0 aliphatic carbocycles. The fraction of sp³-hybridized carbons (Fsp3) is 0.280. The number of fused-ring (bicyclic) bond motifs is 2. The van der Waals surface area contributed by atoms with Crippen molar-refractivity contribution in [2.45, 2.75) is 37.1 Å². The second-order valence-electron chi connectivity index (χ2n) is 9.13. The van der Waals surface area contributed by atoms with Crippen molar-refractivity contribution in [2.75, 3.05) is 7.05 Å². The number of rotatable bonds is 3. The van der Waals surface area contributed by atoms with E-state index >= 15 is 0 Å². The molecule has 2 aliphatic heterocycles. The maximum absolute atomic E-state index is 14.0. The molecule has 176 valence electrons. The van der Waals surface area contributed by atoms with Gasteiger partial charge in [0.25, 0.3) is 0 Å². The second kappa shape index (κ2) is 7.92. The number of hydrogen-bond donors (Lipinski definition) is 2. The summed E-state index contributed by atoms with van der Waals surface area (Å²) in [5.41, 5.74) is 6.60. The van der Waals surface area contributed by atoms with E-state index in [1.54, 1.807) is 37.5 Å². The van der Waals surface area contributed by atoms with Crippen molar-refractivity contribution >= 4 is 17.6 Å². The topological polar surface area (TPSA) is 84.0 Å². The van der Waals surface area contributed by atoms with Crippen LogP contribution in [0.3, 0.4) is 0 Å². The van der Waals surface area contributed by atoms with Crippen LogP contribution in [0.2, 0.25) is 5.02 Å². The van der Waals surface area contributed by atoms with Crippen LogP contribution in [0.4, 0.5) is 8.78 Å². The van der Waals surface area contributed by atoms with E-state index in [0.29, 0.717) is 35.4 Å². The Labute approximate surface area is 200 Å². The Morgan fingerprint density at radius 2 is 1.91 bits per heavy atom. The molecule has 0 bridgehead atoms. The highest BCUT2D eigenvalue weighted by atomic mass is 35.5. The maximum atomic E-state index is 14.0. The van der Waals surface area contributed by atoms with Crippen molar-refractivity contribution in [1.29, 1.82) is 0 Å². The van der Waals surface area contributed by atoms with Gasteiger partial charge in [-0.05, 0) is 48.9 Å². The smallest absolute Gasteiger partial charge is 0.194 e. The number of hydrogen-bond acceptors (Lipinski definition) is 6. The summed E-state index contributed by atoms with van der Waals surface area (Å²) in [7, 11) is 1.67. The highest BCUT2D eigenvalue weighted by Gasteiger charge is 2.56. The van der Waals surface area contributed by atoms with Crippen LogP contribution in [0.5, 0.6) is 5.75 Å². The van der Waals surface area contributed by atoms with Crippen LogP contribution in [0, 0.1) is 11.6 Å². The van der Waals surface area contributed by atoms with Crippen LogP contribution >= 0.6 is 11.6 Å². The number of nitrogens with two attached hydrogens (primary N) is 1. The quantitative estimate of drug-likeness (QED) is 0.581. The molecule has 2 aromatic carbocycles. The van der Waals surface area contributed by atoms with Gasteiger partial charge in [-0.1, -0.05) is 23.7 Å². The zero-order chi connectivity index (χ0) is 24.3. The first-order valence-electron chi connectivity index (χ1n) is 10.8. The van der Waals surface area contributed by atoms with E-state index in [0.717, 1.165) is 5.56 Å². The lowest BCUT2D eigenvalue weighted by Crippen LogP contribution is -2.53. The Morgan fingerprint density at radius 1 is 1.18 bits per heavy atom. The van der Waals surface area contributed by atoms with Crippen LogP contribution < -0.4 is 10.5 Å². The van der Waals surface area contributed by atoms with Crippen molar-refractivity contribution in [3.8, 4) is 17.0 Å². The van der Waals surface area contributed by atoms with Crippen molar-refractivity contribution < 1.29 is 18.6 Å². The summed E-state index contributed by atoms with van der Waals surface area (Å²) in [6.07, 6.45) is 1.23. The molecular weight excluding hydrogens is 462 g/mol. The van der Waals surface area contributed by atoms with Crippen molar-refractivity contribution in [3.63, 3.8) is 0 Å². The number of aromatic nitrogens is 1. The molecule has 1 spiro atoms. The van der Waals surface area contributed by atoms with Gasteiger partial charge in [0.1, 0.15) is 28.5 Å². The molecule has 1 aromatic heterocycles. The molecular formula is C25H23ClF2N4O2. The molecule has 0 amide bonds. The van der Waals surface area contributed by atoms with Gasteiger partial charge < -0.3 is 20.5 Å². The summed E-state index contributed by atoms with van der Waals surface area (Å²) in [6.45, 7) is 1.91. The zero-order valence-electron chi connectivity index (χ0n) is 18.6. The highest BCUT2D eigenvalue weighted by Crippen LogP contribution is 2.51. The second-order valence-corrected chi connectivity index (χ2v) is 9.57. The van der Waals surface area contributed by atoms with E-state index in [1.165, 1.54) is 29.2 Å². The number of benzene rings is 2. The minimum atomic E-state index is -1.14. The lowest BCUT2D eigenvalue weighted by Gasteiger charge is -2.45. The van der Waals surface area contributed by atoms with Gasteiger partial charge >= 0.3 is 0 Å². The van der Waals surface area contributed by atoms with Crippen LogP contribution in [0.15, 0.2) is 59.7 Å². The number of nitrogens with zero attached hydrogens (tertiary/aromatic N) is 3. The number of aliphatic imine (C=N–C) groups is 1. The Morgan fingerprint density at radius 3 is 2.56 bits per heavy atom. The summed E-state index contributed by atoms with van der Waals surface area (Å²) in [4.78, 5) is 10.7. The number of ether oxygens (including phenoxy) is 1. The molecule has 3 heterocycles. The number of aliphatic hydroxyl groups excluding tert-OH is 1. The molecule has 3 atom stereocenters. The van der Waals surface area contributed by atoms with E-state index in [-0.39, 0.29) is 16.8 Å². The van der Waals surface area contributed by atoms with Crippen molar-refractivity contribution in [1.82, 2.24) is 9.88 Å². The third kappa shape index (κ3) is 3.76. The number of aliphatic hydroxyl groups is 1. The molecule has 0 radical (unpaired) electrons. The Balaban J connectivity index is 1.63. The first-order chi connectivity index (χ1) is 16.1. The first-order valence-corrected chi connectivity index (χ1v) is 11.1. The Bertz CT molecular complexity index is 1280. The SMILES string of the molecule is CN1C(N)=NC2(CC(C)(Cc3ccc(F)cc3)Oc3cnc(-c4cc(F)cc(Cl)c4)cc32)C1O. The number of likely N-dealkylation sites (N-methyl/N-ethyl adjacent to an activating group) is 1. The number of halogens is 3. The predicted molar refractivity (Wildman–Crippen MR) is 125 cm³/mol. The maximum Gasteiger partial charge on any atom is 0.194 e. The minimum absolute atomic E-state index is 0.191. The molecule has 3 N–H and O–H groups in total. The van der Waals surface area contributed by atoms with E-state index in [1.807, 2.05) is 6.92 Å². The Hall–Kier alpha value is -3.23. The number of guanidine groups is 1. The molecule has 3 unspecified atom stereocenters. The molecule has 3 aromatic rings. The summed E-state index contributed by atoms with van der Waals surface area (Å²) < 4.78 is 33.8. The summed E-state index contributed by atoms with van der Waals surface area (Å²) in [6, 6.07) is 12.1. The van der Waals surface area contributed by atoms with Crippen LogP contribution in [-0.2, 0) is 12.0 Å².